The number of hydrogen-bond acceptors (Lipinski definition) is 4. The zero-order valence-corrected chi connectivity index (χ0v) is 19.9. The Balaban J connectivity index is 1.65. The van der Waals surface area contributed by atoms with Gasteiger partial charge in [-0.3, -0.25) is 9.48 Å². The maximum atomic E-state index is 12.8. The number of carbonyl (C=O) groups is 1. The first-order valence-corrected chi connectivity index (χ1v) is 11.8. The maximum Gasteiger partial charge on any atom is 0.387 e. The Bertz CT molecular complexity index is 1160. The summed E-state index contributed by atoms with van der Waals surface area (Å²) in [5, 5.41) is 7.79. The molecule has 0 radical (unpaired) electrons. The summed E-state index contributed by atoms with van der Waals surface area (Å²) in [5.74, 6) is -0.279. The first-order chi connectivity index (χ1) is 17.3. The second kappa shape index (κ2) is 11.6. The third kappa shape index (κ3) is 6.48. The highest BCUT2D eigenvalue weighted by molar-refractivity contribution is 6.35. The SMILES string of the molecule is O=C(Cn1nc(-c2ccc(OC(F)F)cc2)c(Cl)c1-c1ccc(OC(F)F)cc1)NC1CCCCC1. The molecule has 3 aromatic rings. The molecule has 1 heterocycles. The van der Waals surface area contributed by atoms with E-state index in [1.165, 1.54) is 41.1 Å². The minimum absolute atomic E-state index is 0.0222. The fourth-order valence-corrected chi connectivity index (χ4v) is 4.61. The van der Waals surface area contributed by atoms with Gasteiger partial charge in [-0.2, -0.15) is 22.7 Å². The van der Waals surface area contributed by atoms with E-state index in [4.69, 9.17) is 11.6 Å². The Hall–Kier alpha value is -3.27. The number of carbonyl (C=O) groups excluding carboxylic acids is 1. The average Bonchev–Trinajstić information content (AvgIpc) is 3.15. The number of amides is 1. The quantitative estimate of drug-likeness (QED) is 0.323. The van der Waals surface area contributed by atoms with Gasteiger partial charge in [0, 0.05) is 17.2 Å². The van der Waals surface area contributed by atoms with Crippen LogP contribution < -0.4 is 14.8 Å². The summed E-state index contributed by atoms with van der Waals surface area (Å²) in [6.45, 7) is -6.03. The van der Waals surface area contributed by atoms with Gasteiger partial charge in [-0.05, 0) is 61.4 Å². The predicted molar refractivity (Wildman–Crippen MR) is 126 cm³/mol. The molecule has 1 saturated carbocycles. The second-order valence-corrected chi connectivity index (χ2v) is 8.76. The van der Waals surface area contributed by atoms with Crippen LogP contribution in [-0.2, 0) is 11.3 Å². The van der Waals surface area contributed by atoms with E-state index in [0.717, 1.165) is 32.1 Å². The highest BCUT2D eigenvalue weighted by Gasteiger charge is 2.23. The Morgan fingerprint density at radius 2 is 1.44 bits per heavy atom. The Morgan fingerprint density at radius 3 is 1.97 bits per heavy atom. The topological polar surface area (TPSA) is 65.4 Å². The zero-order valence-electron chi connectivity index (χ0n) is 19.1. The predicted octanol–water partition coefficient (Wildman–Crippen LogP) is 6.52. The minimum atomic E-state index is -2.96. The largest absolute Gasteiger partial charge is 0.435 e. The molecule has 192 valence electrons. The number of nitrogens with one attached hydrogen (secondary N) is 1. The van der Waals surface area contributed by atoms with E-state index in [1.807, 2.05) is 0 Å². The lowest BCUT2D eigenvalue weighted by Crippen LogP contribution is -2.38. The molecule has 2 aromatic carbocycles. The van der Waals surface area contributed by atoms with E-state index in [-0.39, 0.29) is 35.0 Å². The van der Waals surface area contributed by atoms with E-state index in [0.29, 0.717) is 22.5 Å². The lowest BCUT2D eigenvalue weighted by molar-refractivity contribution is -0.122. The number of halogens is 5. The first-order valence-electron chi connectivity index (χ1n) is 11.5. The van der Waals surface area contributed by atoms with E-state index < -0.39 is 13.2 Å². The summed E-state index contributed by atoms with van der Waals surface area (Å²) in [4.78, 5) is 12.8. The summed E-state index contributed by atoms with van der Waals surface area (Å²) in [5.41, 5.74) is 1.78. The van der Waals surface area contributed by atoms with Crippen LogP contribution in [-0.4, -0.2) is 35.0 Å². The minimum Gasteiger partial charge on any atom is -0.435 e. The molecule has 0 spiro atoms. The summed E-state index contributed by atoms with van der Waals surface area (Å²) >= 11 is 6.70. The van der Waals surface area contributed by atoms with Crippen molar-refractivity contribution < 1.29 is 31.8 Å². The smallest absolute Gasteiger partial charge is 0.387 e. The highest BCUT2D eigenvalue weighted by atomic mass is 35.5. The summed E-state index contributed by atoms with van der Waals surface area (Å²) < 4.78 is 60.3. The number of aromatic nitrogens is 2. The average molecular weight is 526 g/mol. The molecule has 4 rings (SSSR count). The lowest BCUT2D eigenvalue weighted by Gasteiger charge is -2.22. The molecule has 0 saturated heterocycles. The monoisotopic (exact) mass is 525 g/mol. The van der Waals surface area contributed by atoms with Crippen molar-refractivity contribution in [2.24, 2.45) is 0 Å². The van der Waals surface area contributed by atoms with Gasteiger partial charge in [0.1, 0.15) is 23.7 Å². The number of hydrogen-bond donors (Lipinski definition) is 1. The van der Waals surface area contributed by atoms with Crippen molar-refractivity contribution in [2.45, 2.75) is 57.9 Å². The molecule has 6 nitrogen and oxygen atoms in total. The van der Waals surface area contributed by atoms with Crippen LogP contribution in [0.5, 0.6) is 11.5 Å². The van der Waals surface area contributed by atoms with Crippen molar-refractivity contribution in [1.82, 2.24) is 15.1 Å². The van der Waals surface area contributed by atoms with Gasteiger partial charge in [0.05, 0.1) is 10.7 Å². The van der Waals surface area contributed by atoms with Crippen molar-refractivity contribution in [2.75, 3.05) is 0 Å². The van der Waals surface area contributed by atoms with Crippen molar-refractivity contribution in [3.8, 4) is 34.0 Å². The third-order valence-corrected chi connectivity index (χ3v) is 6.22. The van der Waals surface area contributed by atoms with E-state index in [9.17, 15) is 22.4 Å². The van der Waals surface area contributed by atoms with Crippen molar-refractivity contribution >= 4 is 17.5 Å². The molecule has 0 unspecified atom stereocenters. The zero-order chi connectivity index (χ0) is 25.7. The van der Waals surface area contributed by atoms with Crippen LogP contribution in [0, 0.1) is 0 Å². The summed E-state index contributed by atoms with van der Waals surface area (Å²) in [7, 11) is 0. The van der Waals surface area contributed by atoms with E-state index in [1.54, 1.807) is 12.1 Å². The Labute approximate surface area is 210 Å². The van der Waals surface area contributed by atoms with Gasteiger partial charge < -0.3 is 14.8 Å². The molecular weight excluding hydrogens is 502 g/mol. The summed E-state index contributed by atoms with van der Waals surface area (Å²) in [6.07, 6.45) is 5.12. The fraction of sp³-hybridized carbons (Fsp3) is 0.360. The Kier molecular flexibility index (Phi) is 8.35. The van der Waals surface area contributed by atoms with Gasteiger partial charge >= 0.3 is 13.2 Å². The lowest BCUT2D eigenvalue weighted by atomic mass is 9.95. The van der Waals surface area contributed by atoms with Crippen LogP contribution in [0.1, 0.15) is 32.1 Å². The van der Waals surface area contributed by atoms with Gasteiger partial charge in [0.2, 0.25) is 5.91 Å². The normalized spacial score (nSPS) is 14.3. The van der Waals surface area contributed by atoms with Crippen molar-refractivity contribution in [3.05, 3.63) is 53.6 Å². The standard InChI is InChI=1S/C25H24ClF4N3O3/c26-21-22(15-6-10-18(11-7-15)35-24(27)28)32-33(14-20(34)31-17-4-2-1-3-5-17)23(21)16-8-12-19(13-9-16)36-25(29)30/h6-13,17,24-25H,1-5,14H2,(H,31,34). The molecule has 1 amide bonds. The number of benzene rings is 2. The van der Waals surface area contributed by atoms with Crippen molar-refractivity contribution in [1.29, 1.82) is 0 Å². The maximum absolute atomic E-state index is 12.8. The number of ether oxygens (including phenoxy) is 2. The first kappa shape index (κ1) is 25.8. The Morgan fingerprint density at radius 1 is 0.917 bits per heavy atom. The molecule has 36 heavy (non-hydrogen) atoms. The number of nitrogens with zero attached hydrogens (tertiary/aromatic N) is 2. The molecule has 1 aliphatic carbocycles. The molecule has 1 N–H and O–H groups in total. The van der Waals surface area contributed by atoms with Crippen LogP contribution in [0.2, 0.25) is 5.02 Å². The molecule has 0 bridgehead atoms. The van der Waals surface area contributed by atoms with Crippen LogP contribution in [0.25, 0.3) is 22.5 Å². The van der Waals surface area contributed by atoms with E-state index in [2.05, 4.69) is 19.9 Å². The number of rotatable bonds is 9. The van der Waals surface area contributed by atoms with Gasteiger partial charge in [-0.1, -0.05) is 30.9 Å². The van der Waals surface area contributed by atoms with Crippen LogP contribution >= 0.6 is 11.6 Å². The highest BCUT2D eigenvalue weighted by Crippen LogP contribution is 2.37. The molecule has 11 heteroatoms. The molecule has 1 aromatic heterocycles. The fourth-order valence-electron chi connectivity index (χ4n) is 4.26. The molecule has 0 aliphatic heterocycles. The molecular formula is C25H24ClF4N3O3. The van der Waals surface area contributed by atoms with Crippen LogP contribution in [0.15, 0.2) is 48.5 Å². The second-order valence-electron chi connectivity index (χ2n) is 8.38. The number of alkyl halides is 4. The van der Waals surface area contributed by atoms with Gasteiger partial charge in [-0.15, -0.1) is 0 Å². The molecule has 0 atom stereocenters. The van der Waals surface area contributed by atoms with Gasteiger partial charge in [0.25, 0.3) is 0 Å². The molecule has 1 fully saturated rings. The van der Waals surface area contributed by atoms with Crippen LogP contribution in [0.4, 0.5) is 17.6 Å². The van der Waals surface area contributed by atoms with Crippen LogP contribution in [0.3, 0.4) is 0 Å². The van der Waals surface area contributed by atoms with Gasteiger partial charge in [-0.25, -0.2) is 0 Å². The van der Waals surface area contributed by atoms with Crippen molar-refractivity contribution in [3.63, 3.8) is 0 Å². The molecule has 1 aliphatic rings. The van der Waals surface area contributed by atoms with E-state index >= 15 is 0 Å². The van der Waals surface area contributed by atoms with Gasteiger partial charge in [0.15, 0.2) is 0 Å². The summed E-state index contributed by atoms with van der Waals surface area (Å²) in [6, 6.07) is 11.7. The third-order valence-electron chi connectivity index (χ3n) is 5.86.